The van der Waals surface area contributed by atoms with E-state index in [-0.39, 0.29) is 18.4 Å². The van der Waals surface area contributed by atoms with Gasteiger partial charge in [-0.2, -0.15) is 0 Å². The second-order valence-corrected chi connectivity index (χ2v) is 6.03. The first-order valence-corrected chi connectivity index (χ1v) is 7.81. The lowest BCUT2D eigenvalue weighted by Crippen LogP contribution is -2.39. The Balaban J connectivity index is 1.51. The van der Waals surface area contributed by atoms with Crippen molar-refractivity contribution in [2.24, 2.45) is 5.16 Å². The Morgan fingerprint density at radius 1 is 1.50 bits per heavy atom. The number of hydrogen-bond acceptors (Lipinski definition) is 6. The molecule has 1 atom stereocenters. The fourth-order valence-corrected chi connectivity index (χ4v) is 2.92. The smallest absolute Gasteiger partial charge is 0.269 e. The first-order valence-electron chi connectivity index (χ1n) is 7.81. The second-order valence-electron chi connectivity index (χ2n) is 6.03. The summed E-state index contributed by atoms with van der Waals surface area (Å²) in [4.78, 5) is 35.3. The van der Waals surface area contributed by atoms with Crippen molar-refractivity contribution in [3.8, 4) is 0 Å². The van der Waals surface area contributed by atoms with Crippen molar-refractivity contribution in [2.45, 2.75) is 25.0 Å². The molecule has 1 unspecified atom stereocenters. The number of carbonyl (C=O) groups excluding carboxylic acids is 2. The van der Waals surface area contributed by atoms with E-state index < -0.39 is 5.60 Å². The van der Waals surface area contributed by atoms with E-state index in [0.717, 1.165) is 5.56 Å². The summed E-state index contributed by atoms with van der Waals surface area (Å²) in [6.07, 6.45) is 4.44. The van der Waals surface area contributed by atoms with Crippen LogP contribution >= 0.6 is 0 Å². The van der Waals surface area contributed by atoms with Crippen LogP contribution in [0.3, 0.4) is 0 Å². The molecule has 1 fully saturated rings. The molecule has 2 aliphatic rings. The summed E-state index contributed by atoms with van der Waals surface area (Å²) in [5.41, 5.74) is 0.696. The standard InChI is InChI=1S/C16H20N4O4/c1-23-10-14(21)20-6-4-16(11-20)7-13(19-24-16)15(22)18-9-12-3-2-5-17-8-12/h2-3,5,8H,4,6-7,9-11H2,1H3,(H,18,22). The highest BCUT2D eigenvalue weighted by atomic mass is 16.7. The summed E-state index contributed by atoms with van der Waals surface area (Å²) in [5, 5.41) is 6.75. The molecule has 1 aromatic rings. The highest BCUT2D eigenvalue weighted by molar-refractivity contribution is 6.39. The molecule has 128 valence electrons. The van der Waals surface area contributed by atoms with Crippen LogP contribution in [0.4, 0.5) is 0 Å². The number of nitrogens with one attached hydrogen (secondary N) is 1. The van der Waals surface area contributed by atoms with E-state index >= 15 is 0 Å². The van der Waals surface area contributed by atoms with Crippen molar-refractivity contribution in [1.29, 1.82) is 0 Å². The largest absolute Gasteiger partial charge is 0.386 e. The third-order valence-electron chi connectivity index (χ3n) is 4.21. The third kappa shape index (κ3) is 3.53. The zero-order chi connectivity index (χ0) is 17.0. The minimum absolute atomic E-state index is 0.0510. The number of carbonyl (C=O) groups is 2. The van der Waals surface area contributed by atoms with Crippen LogP contribution < -0.4 is 5.32 Å². The number of ether oxygens (including phenoxy) is 1. The lowest BCUT2D eigenvalue weighted by molar-refractivity contribution is -0.135. The molecule has 2 amide bonds. The molecule has 1 spiro atoms. The molecule has 1 aromatic heterocycles. The molecule has 0 aliphatic carbocycles. The van der Waals surface area contributed by atoms with Crippen molar-refractivity contribution in [3.05, 3.63) is 30.1 Å². The van der Waals surface area contributed by atoms with Gasteiger partial charge in [0, 0.05) is 45.4 Å². The normalized spacial score (nSPS) is 22.4. The number of methoxy groups -OCH3 is 1. The SMILES string of the molecule is COCC(=O)N1CCC2(CC(C(=O)NCc3cccnc3)=NO2)C1. The zero-order valence-corrected chi connectivity index (χ0v) is 13.5. The number of pyridine rings is 1. The highest BCUT2D eigenvalue weighted by Gasteiger charge is 2.47. The van der Waals surface area contributed by atoms with Gasteiger partial charge < -0.3 is 19.8 Å². The second kappa shape index (κ2) is 6.96. The Labute approximate surface area is 139 Å². The molecule has 1 saturated heterocycles. The van der Waals surface area contributed by atoms with E-state index in [2.05, 4.69) is 15.5 Å². The van der Waals surface area contributed by atoms with Gasteiger partial charge in [-0.25, -0.2) is 0 Å². The van der Waals surface area contributed by atoms with Gasteiger partial charge in [-0.1, -0.05) is 11.2 Å². The summed E-state index contributed by atoms with van der Waals surface area (Å²) in [6, 6.07) is 3.70. The van der Waals surface area contributed by atoms with Crippen LogP contribution in [0.25, 0.3) is 0 Å². The molecular weight excluding hydrogens is 312 g/mol. The third-order valence-corrected chi connectivity index (χ3v) is 4.21. The number of oxime groups is 1. The number of nitrogens with zero attached hydrogens (tertiary/aromatic N) is 3. The minimum Gasteiger partial charge on any atom is -0.386 e. The zero-order valence-electron chi connectivity index (χ0n) is 13.5. The van der Waals surface area contributed by atoms with E-state index in [1.54, 1.807) is 17.3 Å². The van der Waals surface area contributed by atoms with E-state index in [1.165, 1.54) is 7.11 Å². The van der Waals surface area contributed by atoms with Crippen LogP contribution in [-0.2, 0) is 25.7 Å². The Morgan fingerprint density at radius 3 is 3.12 bits per heavy atom. The van der Waals surface area contributed by atoms with E-state index in [9.17, 15) is 9.59 Å². The van der Waals surface area contributed by atoms with Crippen LogP contribution in [-0.4, -0.2) is 59.8 Å². The van der Waals surface area contributed by atoms with E-state index in [1.807, 2.05) is 12.1 Å². The minimum atomic E-state index is -0.579. The van der Waals surface area contributed by atoms with Crippen LogP contribution in [0.5, 0.6) is 0 Å². The predicted molar refractivity (Wildman–Crippen MR) is 85.0 cm³/mol. The van der Waals surface area contributed by atoms with Crippen molar-refractivity contribution < 1.29 is 19.2 Å². The van der Waals surface area contributed by atoms with Gasteiger partial charge in [-0.05, 0) is 11.6 Å². The van der Waals surface area contributed by atoms with Gasteiger partial charge in [-0.15, -0.1) is 0 Å². The number of likely N-dealkylation sites (tertiary alicyclic amines) is 1. The van der Waals surface area contributed by atoms with Gasteiger partial charge in [0.05, 0.1) is 6.54 Å². The maximum absolute atomic E-state index is 12.2. The highest BCUT2D eigenvalue weighted by Crippen LogP contribution is 2.33. The maximum atomic E-state index is 12.2. The summed E-state index contributed by atoms with van der Waals surface area (Å²) in [6.45, 7) is 1.45. The first-order chi connectivity index (χ1) is 11.6. The lowest BCUT2D eigenvalue weighted by atomic mass is 9.96. The molecule has 3 rings (SSSR count). The molecule has 0 aromatic carbocycles. The van der Waals surface area contributed by atoms with Gasteiger partial charge in [0.25, 0.3) is 5.91 Å². The van der Waals surface area contributed by atoms with Gasteiger partial charge in [0.1, 0.15) is 12.3 Å². The maximum Gasteiger partial charge on any atom is 0.269 e. The van der Waals surface area contributed by atoms with Crippen molar-refractivity contribution in [2.75, 3.05) is 26.8 Å². The van der Waals surface area contributed by atoms with Gasteiger partial charge >= 0.3 is 0 Å². The quantitative estimate of drug-likeness (QED) is 0.825. The summed E-state index contributed by atoms with van der Waals surface area (Å²) >= 11 is 0. The summed E-state index contributed by atoms with van der Waals surface area (Å²) < 4.78 is 4.87. The van der Waals surface area contributed by atoms with E-state index in [4.69, 9.17) is 9.57 Å². The van der Waals surface area contributed by atoms with E-state index in [0.29, 0.717) is 38.2 Å². The number of hydrogen-bond donors (Lipinski definition) is 1. The first kappa shape index (κ1) is 16.4. The monoisotopic (exact) mass is 332 g/mol. The van der Waals surface area contributed by atoms with Gasteiger partial charge in [-0.3, -0.25) is 14.6 Å². The van der Waals surface area contributed by atoms with Crippen LogP contribution in [0.15, 0.2) is 29.7 Å². The summed E-state index contributed by atoms with van der Waals surface area (Å²) in [7, 11) is 1.49. The molecule has 8 nitrogen and oxygen atoms in total. The number of amides is 2. The molecule has 8 heteroatoms. The van der Waals surface area contributed by atoms with Crippen LogP contribution in [0.1, 0.15) is 18.4 Å². The molecule has 0 radical (unpaired) electrons. The average molecular weight is 332 g/mol. The van der Waals surface area contributed by atoms with Gasteiger partial charge in [0.15, 0.2) is 5.60 Å². The van der Waals surface area contributed by atoms with Crippen molar-refractivity contribution in [1.82, 2.24) is 15.2 Å². The Morgan fingerprint density at radius 2 is 2.38 bits per heavy atom. The molecule has 2 aliphatic heterocycles. The fraction of sp³-hybridized carbons (Fsp3) is 0.500. The van der Waals surface area contributed by atoms with Crippen LogP contribution in [0.2, 0.25) is 0 Å². The fourth-order valence-electron chi connectivity index (χ4n) is 2.92. The molecule has 24 heavy (non-hydrogen) atoms. The molecule has 3 heterocycles. The average Bonchev–Trinajstić information content (AvgIpc) is 3.21. The van der Waals surface area contributed by atoms with Crippen molar-refractivity contribution >= 4 is 17.5 Å². The number of aromatic nitrogens is 1. The molecule has 0 bridgehead atoms. The molecular formula is C16H20N4O4. The number of rotatable bonds is 5. The topological polar surface area (TPSA) is 93.1 Å². The Bertz CT molecular complexity index is 649. The predicted octanol–water partition coefficient (Wildman–Crippen LogP) is 0.0916. The Kier molecular flexibility index (Phi) is 4.75. The molecule has 1 N–H and O–H groups in total. The molecule has 0 saturated carbocycles. The lowest BCUT2D eigenvalue weighted by Gasteiger charge is -2.21. The summed E-state index contributed by atoms with van der Waals surface area (Å²) in [5.74, 6) is -0.329. The van der Waals surface area contributed by atoms with Crippen LogP contribution in [0, 0.1) is 0 Å². The Hall–Kier alpha value is -2.48. The van der Waals surface area contributed by atoms with Crippen molar-refractivity contribution in [3.63, 3.8) is 0 Å². The van der Waals surface area contributed by atoms with Gasteiger partial charge in [0.2, 0.25) is 5.91 Å².